The Balaban J connectivity index is 2.01. The third kappa shape index (κ3) is 1.25. The Hall–Kier alpha value is -0.830. The molecule has 0 aromatic rings. The molecule has 1 saturated carbocycles. The molecule has 1 N–H and O–H groups in total. The number of aliphatic carboxylic acids is 1. The number of hydrogen-bond donors (Lipinski definition) is 1. The van der Waals surface area contributed by atoms with Gasteiger partial charge in [0.05, 0.1) is 12.2 Å². The van der Waals surface area contributed by atoms with E-state index in [9.17, 15) is 4.79 Å². The second kappa shape index (κ2) is 2.59. The fraction of sp³-hybridized carbons (Fsp3) is 0.667. The molecule has 3 unspecified atom stereocenters. The van der Waals surface area contributed by atoms with Gasteiger partial charge in [0.2, 0.25) is 0 Å². The van der Waals surface area contributed by atoms with E-state index in [4.69, 9.17) is 9.84 Å². The monoisotopic (exact) mass is 168 g/mol. The SMILES string of the molecule is C/C(=C\C1CCC2OC12)C(=O)O. The summed E-state index contributed by atoms with van der Waals surface area (Å²) < 4.78 is 5.31. The summed E-state index contributed by atoms with van der Waals surface area (Å²) >= 11 is 0. The van der Waals surface area contributed by atoms with E-state index in [1.54, 1.807) is 6.92 Å². The molecule has 1 aliphatic carbocycles. The third-order valence-electron chi connectivity index (χ3n) is 2.63. The molecule has 1 aliphatic heterocycles. The van der Waals surface area contributed by atoms with Crippen LogP contribution in [0.15, 0.2) is 11.6 Å². The molecular weight excluding hydrogens is 156 g/mol. The third-order valence-corrected chi connectivity index (χ3v) is 2.63. The second-order valence-electron chi connectivity index (χ2n) is 3.54. The minimum Gasteiger partial charge on any atom is -0.478 e. The molecule has 1 heterocycles. The molecule has 1 saturated heterocycles. The maximum absolute atomic E-state index is 10.5. The highest BCUT2D eigenvalue weighted by Gasteiger charge is 2.49. The zero-order valence-electron chi connectivity index (χ0n) is 6.99. The first-order valence-corrected chi connectivity index (χ1v) is 4.25. The number of carboxylic acid groups (broad SMARTS) is 1. The van der Waals surface area contributed by atoms with Crippen LogP contribution in [0.4, 0.5) is 0 Å². The van der Waals surface area contributed by atoms with Crippen molar-refractivity contribution in [3.05, 3.63) is 11.6 Å². The van der Waals surface area contributed by atoms with Gasteiger partial charge < -0.3 is 9.84 Å². The van der Waals surface area contributed by atoms with Crippen molar-refractivity contribution >= 4 is 5.97 Å². The number of carbonyl (C=O) groups is 1. The van der Waals surface area contributed by atoms with Gasteiger partial charge in [-0.05, 0) is 19.8 Å². The van der Waals surface area contributed by atoms with Crippen LogP contribution in [0, 0.1) is 5.92 Å². The lowest BCUT2D eigenvalue weighted by atomic mass is 10.0. The average molecular weight is 168 g/mol. The van der Waals surface area contributed by atoms with Crippen molar-refractivity contribution in [3.8, 4) is 0 Å². The highest BCUT2D eigenvalue weighted by molar-refractivity contribution is 5.85. The van der Waals surface area contributed by atoms with Crippen molar-refractivity contribution in [3.63, 3.8) is 0 Å². The number of rotatable bonds is 2. The van der Waals surface area contributed by atoms with Crippen LogP contribution in [-0.4, -0.2) is 23.3 Å². The predicted molar refractivity (Wildman–Crippen MR) is 42.8 cm³/mol. The average Bonchev–Trinajstić information content (AvgIpc) is 2.70. The molecule has 0 radical (unpaired) electrons. The van der Waals surface area contributed by atoms with E-state index in [0.717, 1.165) is 12.8 Å². The molecule has 3 atom stereocenters. The van der Waals surface area contributed by atoms with Crippen LogP contribution in [0.25, 0.3) is 0 Å². The summed E-state index contributed by atoms with van der Waals surface area (Å²) in [5, 5.41) is 8.63. The van der Waals surface area contributed by atoms with Crippen molar-refractivity contribution in [1.82, 2.24) is 0 Å². The molecule has 12 heavy (non-hydrogen) atoms. The Bertz CT molecular complexity index is 244. The van der Waals surface area contributed by atoms with Gasteiger partial charge in [-0.1, -0.05) is 6.08 Å². The lowest BCUT2D eigenvalue weighted by Gasteiger charge is -2.04. The van der Waals surface area contributed by atoms with Gasteiger partial charge in [0.25, 0.3) is 0 Å². The van der Waals surface area contributed by atoms with Crippen molar-refractivity contribution < 1.29 is 14.6 Å². The normalized spacial score (nSPS) is 39.4. The number of epoxide rings is 1. The van der Waals surface area contributed by atoms with Crippen LogP contribution >= 0.6 is 0 Å². The lowest BCUT2D eigenvalue weighted by Crippen LogP contribution is -2.04. The molecule has 0 amide bonds. The van der Waals surface area contributed by atoms with Crippen LogP contribution in [-0.2, 0) is 9.53 Å². The Labute approximate surface area is 71.0 Å². The summed E-state index contributed by atoms with van der Waals surface area (Å²) in [7, 11) is 0. The molecule has 3 heteroatoms. The van der Waals surface area contributed by atoms with E-state index < -0.39 is 5.97 Å². The minimum absolute atomic E-state index is 0.333. The van der Waals surface area contributed by atoms with Crippen molar-refractivity contribution in [2.24, 2.45) is 5.92 Å². The summed E-state index contributed by atoms with van der Waals surface area (Å²) in [4.78, 5) is 10.5. The molecule has 2 fully saturated rings. The molecule has 0 aromatic heterocycles. The topological polar surface area (TPSA) is 49.8 Å². The van der Waals surface area contributed by atoms with Gasteiger partial charge in [-0.3, -0.25) is 0 Å². The Kier molecular flexibility index (Phi) is 1.68. The zero-order valence-corrected chi connectivity index (χ0v) is 6.99. The molecule has 3 nitrogen and oxygen atoms in total. The first-order chi connectivity index (χ1) is 5.68. The fourth-order valence-electron chi connectivity index (χ4n) is 1.86. The van der Waals surface area contributed by atoms with Gasteiger partial charge in [0, 0.05) is 11.5 Å². The summed E-state index contributed by atoms with van der Waals surface area (Å²) in [6.45, 7) is 1.64. The first kappa shape index (κ1) is 7.80. The first-order valence-electron chi connectivity index (χ1n) is 4.25. The van der Waals surface area contributed by atoms with Gasteiger partial charge in [-0.25, -0.2) is 4.79 Å². The highest BCUT2D eigenvalue weighted by atomic mass is 16.6. The van der Waals surface area contributed by atoms with Crippen LogP contribution in [0.2, 0.25) is 0 Å². The van der Waals surface area contributed by atoms with E-state index in [-0.39, 0.29) is 0 Å². The summed E-state index contributed by atoms with van der Waals surface area (Å²) in [5.41, 5.74) is 0.441. The van der Waals surface area contributed by atoms with Gasteiger partial charge in [0.1, 0.15) is 0 Å². The fourth-order valence-corrected chi connectivity index (χ4v) is 1.86. The molecule has 0 bridgehead atoms. The molecule has 66 valence electrons. The molecule has 2 rings (SSSR count). The van der Waals surface area contributed by atoms with E-state index in [2.05, 4.69) is 0 Å². The Morgan fingerprint density at radius 3 is 2.75 bits per heavy atom. The van der Waals surface area contributed by atoms with Crippen molar-refractivity contribution in [2.75, 3.05) is 0 Å². The van der Waals surface area contributed by atoms with E-state index in [1.165, 1.54) is 0 Å². The summed E-state index contributed by atoms with van der Waals surface area (Å²) in [5.74, 6) is -0.467. The predicted octanol–water partition coefficient (Wildman–Crippen LogP) is 1.19. The van der Waals surface area contributed by atoms with Crippen molar-refractivity contribution in [2.45, 2.75) is 32.0 Å². The lowest BCUT2D eigenvalue weighted by molar-refractivity contribution is -0.132. The quantitative estimate of drug-likeness (QED) is 0.497. The number of ether oxygens (including phenoxy) is 1. The molecule has 0 spiro atoms. The van der Waals surface area contributed by atoms with Crippen LogP contribution in [0.5, 0.6) is 0 Å². The van der Waals surface area contributed by atoms with Gasteiger partial charge in [0.15, 0.2) is 0 Å². The van der Waals surface area contributed by atoms with E-state index >= 15 is 0 Å². The Morgan fingerprint density at radius 2 is 2.33 bits per heavy atom. The number of hydrogen-bond acceptors (Lipinski definition) is 2. The van der Waals surface area contributed by atoms with Crippen LogP contribution in [0.1, 0.15) is 19.8 Å². The summed E-state index contributed by atoms with van der Waals surface area (Å²) in [6, 6.07) is 0. The smallest absolute Gasteiger partial charge is 0.330 e. The van der Waals surface area contributed by atoms with Gasteiger partial charge >= 0.3 is 5.97 Å². The zero-order chi connectivity index (χ0) is 8.72. The minimum atomic E-state index is -0.820. The van der Waals surface area contributed by atoms with Crippen molar-refractivity contribution in [1.29, 1.82) is 0 Å². The van der Waals surface area contributed by atoms with Crippen LogP contribution in [0.3, 0.4) is 0 Å². The van der Waals surface area contributed by atoms with E-state index in [0.29, 0.717) is 23.7 Å². The standard InChI is InChI=1S/C9H12O3/c1-5(9(10)11)4-6-2-3-7-8(6)12-7/h4,6-8H,2-3H2,1H3,(H,10,11)/b5-4+. The number of carboxylic acids is 1. The maximum Gasteiger partial charge on any atom is 0.330 e. The Morgan fingerprint density at radius 1 is 1.58 bits per heavy atom. The molecule has 0 aromatic carbocycles. The van der Waals surface area contributed by atoms with Gasteiger partial charge in [-0.15, -0.1) is 0 Å². The summed E-state index contributed by atoms with van der Waals surface area (Å²) in [6.07, 6.45) is 4.78. The number of fused-ring (bicyclic) bond motifs is 1. The van der Waals surface area contributed by atoms with Crippen LogP contribution < -0.4 is 0 Å². The highest BCUT2D eigenvalue weighted by Crippen LogP contribution is 2.43. The second-order valence-corrected chi connectivity index (χ2v) is 3.54. The molecular formula is C9H12O3. The maximum atomic E-state index is 10.5. The van der Waals surface area contributed by atoms with E-state index in [1.807, 2.05) is 6.08 Å². The van der Waals surface area contributed by atoms with Gasteiger partial charge in [-0.2, -0.15) is 0 Å². The molecule has 2 aliphatic rings. The largest absolute Gasteiger partial charge is 0.478 e.